The van der Waals surface area contributed by atoms with Crippen LogP contribution in [0.5, 0.6) is 0 Å². The number of aromatic nitrogens is 1. The molecule has 1 aromatic carbocycles. The molecule has 0 aliphatic carbocycles. The Morgan fingerprint density at radius 2 is 2.11 bits per heavy atom. The molecule has 2 nitrogen and oxygen atoms in total. The fraction of sp³-hybridized carbons (Fsp3) is 0.357. The van der Waals surface area contributed by atoms with Crippen LogP contribution in [0.3, 0.4) is 0 Å². The van der Waals surface area contributed by atoms with Crippen molar-refractivity contribution in [1.82, 2.24) is 10.3 Å². The largest absolute Gasteiger partial charge is 0.302 e. The van der Waals surface area contributed by atoms with E-state index in [1.54, 1.807) is 23.6 Å². The van der Waals surface area contributed by atoms with E-state index in [-0.39, 0.29) is 17.9 Å². The van der Waals surface area contributed by atoms with E-state index in [1.807, 2.05) is 32.2 Å². The fourth-order valence-corrected chi connectivity index (χ4v) is 2.60. The highest BCUT2D eigenvalue weighted by molar-refractivity contribution is 7.09. The minimum absolute atomic E-state index is 0.176. The van der Waals surface area contributed by atoms with Crippen molar-refractivity contribution in [3.63, 3.8) is 0 Å². The average molecular weight is 264 g/mol. The van der Waals surface area contributed by atoms with E-state index in [0.29, 0.717) is 5.56 Å². The molecule has 0 saturated carbocycles. The summed E-state index contributed by atoms with van der Waals surface area (Å²) in [7, 11) is 0. The van der Waals surface area contributed by atoms with Gasteiger partial charge in [0.2, 0.25) is 0 Å². The van der Waals surface area contributed by atoms with E-state index in [0.717, 1.165) is 10.6 Å². The van der Waals surface area contributed by atoms with Gasteiger partial charge in [0.05, 0.1) is 6.04 Å². The van der Waals surface area contributed by atoms with Crippen LogP contribution >= 0.6 is 11.3 Å². The Morgan fingerprint density at radius 3 is 2.72 bits per heavy atom. The summed E-state index contributed by atoms with van der Waals surface area (Å²) < 4.78 is 14.0. The van der Waals surface area contributed by atoms with Gasteiger partial charge in [0.15, 0.2) is 0 Å². The van der Waals surface area contributed by atoms with E-state index in [4.69, 9.17) is 0 Å². The molecule has 0 aliphatic rings. The molecule has 0 fully saturated rings. The third-order valence-corrected chi connectivity index (χ3v) is 3.50. The molecular formula is C14H17FN2S. The summed E-state index contributed by atoms with van der Waals surface area (Å²) in [5.41, 5.74) is 1.72. The van der Waals surface area contributed by atoms with Crippen molar-refractivity contribution >= 4 is 11.3 Å². The maximum atomic E-state index is 14.0. The predicted molar refractivity (Wildman–Crippen MR) is 73.4 cm³/mol. The van der Waals surface area contributed by atoms with E-state index in [9.17, 15) is 4.39 Å². The van der Waals surface area contributed by atoms with Crippen molar-refractivity contribution in [2.24, 2.45) is 0 Å². The first kappa shape index (κ1) is 13.2. The van der Waals surface area contributed by atoms with Crippen molar-refractivity contribution < 1.29 is 4.39 Å². The Kier molecular flexibility index (Phi) is 4.09. The first-order valence-corrected chi connectivity index (χ1v) is 6.87. The second-order valence-electron chi connectivity index (χ2n) is 4.65. The third kappa shape index (κ3) is 2.94. The van der Waals surface area contributed by atoms with Crippen LogP contribution in [-0.4, -0.2) is 11.0 Å². The molecule has 2 rings (SSSR count). The topological polar surface area (TPSA) is 24.9 Å². The lowest BCUT2D eigenvalue weighted by atomic mass is 10.0. The zero-order chi connectivity index (χ0) is 13.1. The molecule has 0 saturated heterocycles. The first-order valence-electron chi connectivity index (χ1n) is 5.99. The molecule has 1 atom stereocenters. The number of halogens is 1. The van der Waals surface area contributed by atoms with Gasteiger partial charge in [-0.2, -0.15) is 0 Å². The lowest BCUT2D eigenvalue weighted by molar-refractivity contribution is 0.501. The van der Waals surface area contributed by atoms with Crippen LogP contribution < -0.4 is 5.32 Å². The van der Waals surface area contributed by atoms with Crippen molar-refractivity contribution in [3.8, 4) is 0 Å². The van der Waals surface area contributed by atoms with Gasteiger partial charge in [-0.15, -0.1) is 11.3 Å². The number of nitrogens with zero attached hydrogens (tertiary/aromatic N) is 1. The van der Waals surface area contributed by atoms with Crippen LogP contribution in [0.2, 0.25) is 0 Å². The second kappa shape index (κ2) is 5.59. The number of benzene rings is 1. The maximum absolute atomic E-state index is 14.0. The van der Waals surface area contributed by atoms with Gasteiger partial charge in [-0.3, -0.25) is 0 Å². The zero-order valence-corrected chi connectivity index (χ0v) is 11.6. The summed E-state index contributed by atoms with van der Waals surface area (Å²) >= 11 is 1.54. The summed E-state index contributed by atoms with van der Waals surface area (Å²) in [6, 6.07) is 5.28. The van der Waals surface area contributed by atoms with Gasteiger partial charge in [0, 0.05) is 23.2 Å². The molecule has 1 heterocycles. The molecule has 1 aromatic heterocycles. The van der Waals surface area contributed by atoms with Crippen LogP contribution in [0.1, 0.15) is 36.0 Å². The quantitative estimate of drug-likeness (QED) is 0.911. The molecule has 0 radical (unpaired) electrons. The summed E-state index contributed by atoms with van der Waals surface area (Å²) in [6.07, 6.45) is 1.75. The maximum Gasteiger partial charge on any atom is 0.128 e. The Labute approximate surface area is 111 Å². The minimum atomic E-state index is -0.186. The molecule has 1 N–H and O–H groups in total. The van der Waals surface area contributed by atoms with E-state index in [1.165, 1.54) is 6.07 Å². The third-order valence-electron chi connectivity index (χ3n) is 2.66. The average Bonchev–Trinajstić information content (AvgIpc) is 2.82. The summed E-state index contributed by atoms with van der Waals surface area (Å²) in [5, 5.41) is 6.19. The highest BCUT2D eigenvalue weighted by atomic mass is 32.1. The van der Waals surface area contributed by atoms with E-state index < -0.39 is 0 Å². The van der Waals surface area contributed by atoms with Gasteiger partial charge in [-0.05, 0) is 26.8 Å². The standard InChI is InChI=1S/C14H17FN2S/c1-9(2)17-13(14-16-6-7-18-14)11-8-10(3)4-5-12(11)15/h4-9,13,17H,1-3H3. The summed E-state index contributed by atoms with van der Waals surface area (Å²) in [5.74, 6) is -0.186. The van der Waals surface area contributed by atoms with E-state index in [2.05, 4.69) is 10.3 Å². The minimum Gasteiger partial charge on any atom is -0.302 e. The lowest BCUT2D eigenvalue weighted by Gasteiger charge is -2.20. The summed E-state index contributed by atoms with van der Waals surface area (Å²) in [4.78, 5) is 4.31. The number of thiazole rings is 1. The smallest absolute Gasteiger partial charge is 0.128 e. The highest BCUT2D eigenvalue weighted by Crippen LogP contribution is 2.27. The molecule has 0 aliphatic heterocycles. The molecule has 0 bridgehead atoms. The normalized spacial score (nSPS) is 12.9. The molecule has 4 heteroatoms. The molecular weight excluding hydrogens is 247 g/mol. The molecule has 96 valence electrons. The summed E-state index contributed by atoms with van der Waals surface area (Å²) in [6.45, 7) is 6.07. The molecule has 0 spiro atoms. The Bertz CT molecular complexity index is 509. The molecule has 2 aromatic rings. The predicted octanol–water partition coefficient (Wildman–Crippen LogP) is 3.68. The molecule has 0 amide bonds. The first-order chi connectivity index (χ1) is 8.58. The van der Waals surface area contributed by atoms with Crippen molar-refractivity contribution in [3.05, 3.63) is 51.7 Å². The van der Waals surface area contributed by atoms with Gasteiger partial charge in [-0.25, -0.2) is 9.37 Å². The van der Waals surface area contributed by atoms with Crippen molar-refractivity contribution in [1.29, 1.82) is 0 Å². The lowest BCUT2D eigenvalue weighted by Crippen LogP contribution is -2.29. The van der Waals surface area contributed by atoms with Gasteiger partial charge in [0.25, 0.3) is 0 Å². The van der Waals surface area contributed by atoms with Gasteiger partial charge in [0.1, 0.15) is 10.8 Å². The molecule has 18 heavy (non-hydrogen) atoms. The van der Waals surface area contributed by atoms with Crippen LogP contribution in [-0.2, 0) is 0 Å². The Morgan fingerprint density at radius 1 is 1.33 bits per heavy atom. The number of rotatable bonds is 4. The Hall–Kier alpha value is -1.26. The number of nitrogens with one attached hydrogen (secondary N) is 1. The van der Waals surface area contributed by atoms with Crippen LogP contribution in [0, 0.1) is 12.7 Å². The highest BCUT2D eigenvalue weighted by Gasteiger charge is 2.20. The number of aryl methyl sites for hydroxylation is 1. The van der Waals surface area contributed by atoms with Gasteiger partial charge >= 0.3 is 0 Å². The van der Waals surface area contributed by atoms with Crippen molar-refractivity contribution in [2.75, 3.05) is 0 Å². The van der Waals surface area contributed by atoms with Gasteiger partial charge in [-0.1, -0.05) is 17.7 Å². The molecule has 1 unspecified atom stereocenters. The van der Waals surface area contributed by atoms with Crippen LogP contribution in [0.4, 0.5) is 4.39 Å². The number of hydrogen-bond acceptors (Lipinski definition) is 3. The van der Waals surface area contributed by atoms with E-state index >= 15 is 0 Å². The SMILES string of the molecule is Cc1ccc(F)c(C(NC(C)C)c2nccs2)c1. The van der Waals surface area contributed by atoms with Crippen LogP contribution in [0.15, 0.2) is 29.8 Å². The van der Waals surface area contributed by atoms with Crippen LogP contribution in [0.25, 0.3) is 0 Å². The van der Waals surface area contributed by atoms with Gasteiger partial charge < -0.3 is 5.32 Å². The zero-order valence-electron chi connectivity index (χ0n) is 10.8. The number of hydrogen-bond donors (Lipinski definition) is 1. The monoisotopic (exact) mass is 264 g/mol. The van der Waals surface area contributed by atoms with Crippen molar-refractivity contribution in [2.45, 2.75) is 32.9 Å². The second-order valence-corrected chi connectivity index (χ2v) is 5.58. The Balaban J connectivity index is 2.42. The fourth-order valence-electron chi connectivity index (χ4n) is 1.89.